The summed E-state index contributed by atoms with van der Waals surface area (Å²) in [5.74, 6) is 0.919. The van der Waals surface area contributed by atoms with Crippen LogP contribution in [0.2, 0.25) is 0 Å². The van der Waals surface area contributed by atoms with Gasteiger partial charge in [0, 0.05) is 31.4 Å². The third-order valence-electron chi connectivity index (χ3n) is 4.45. The Balaban J connectivity index is 1.97. The minimum Gasteiger partial charge on any atom is -0.346 e. The van der Waals surface area contributed by atoms with E-state index in [9.17, 15) is 4.79 Å². The zero-order valence-corrected chi connectivity index (χ0v) is 12.0. The molecule has 0 N–H and O–H groups in total. The monoisotopic (exact) mass is 279 g/mol. The molecule has 1 unspecified atom stereocenters. The van der Waals surface area contributed by atoms with E-state index in [1.807, 2.05) is 30.3 Å². The van der Waals surface area contributed by atoms with E-state index in [2.05, 4.69) is 27.9 Å². The molecule has 1 aromatic carbocycles. The van der Waals surface area contributed by atoms with Crippen LogP contribution in [0.5, 0.6) is 0 Å². The Morgan fingerprint density at radius 1 is 1.10 bits per heavy atom. The molecule has 1 fully saturated rings. The Morgan fingerprint density at radius 2 is 1.90 bits per heavy atom. The quantitative estimate of drug-likeness (QED) is 0.740. The van der Waals surface area contributed by atoms with Crippen molar-refractivity contribution in [1.29, 1.82) is 0 Å². The summed E-state index contributed by atoms with van der Waals surface area (Å²) in [4.78, 5) is 22.0. The first-order chi connectivity index (χ1) is 10.3. The van der Waals surface area contributed by atoms with Crippen molar-refractivity contribution in [3.05, 3.63) is 59.3 Å². The number of rotatable bonds is 0. The minimum atomic E-state index is 0.0887. The second kappa shape index (κ2) is 4.67. The first-order valence-electron chi connectivity index (χ1n) is 7.29. The van der Waals surface area contributed by atoms with Gasteiger partial charge in [-0.3, -0.25) is 4.79 Å². The molecule has 0 bridgehead atoms. The summed E-state index contributed by atoms with van der Waals surface area (Å²) in [5.41, 5.74) is 2.65. The molecule has 0 aliphatic carbocycles. The highest BCUT2D eigenvalue weighted by Crippen LogP contribution is 2.37. The molecule has 4 nitrogen and oxygen atoms in total. The topological polar surface area (TPSA) is 36.4 Å². The molecule has 0 spiro atoms. The summed E-state index contributed by atoms with van der Waals surface area (Å²) in [6.45, 7) is 2.80. The van der Waals surface area contributed by atoms with Crippen molar-refractivity contribution in [3.63, 3.8) is 0 Å². The number of ketones is 1. The second-order valence-corrected chi connectivity index (χ2v) is 5.76. The molecule has 2 aromatic rings. The number of carbonyl (C=O) groups excluding carboxylic acids is 1. The summed E-state index contributed by atoms with van der Waals surface area (Å²) in [6, 6.07) is 11.9. The van der Waals surface area contributed by atoms with Crippen LogP contribution in [0.4, 0.5) is 5.82 Å². The van der Waals surface area contributed by atoms with E-state index in [0.717, 1.165) is 42.1 Å². The predicted molar refractivity (Wildman–Crippen MR) is 81.7 cm³/mol. The lowest BCUT2D eigenvalue weighted by Gasteiger charge is -2.40. The Morgan fingerprint density at radius 3 is 2.81 bits per heavy atom. The van der Waals surface area contributed by atoms with Gasteiger partial charge in [0.05, 0.1) is 11.6 Å². The molecule has 2 aliphatic heterocycles. The third-order valence-corrected chi connectivity index (χ3v) is 4.45. The molecular formula is C17H17N3O. The molecular weight excluding hydrogens is 262 g/mol. The molecule has 1 atom stereocenters. The molecule has 2 aliphatic rings. The number of fused-ring (bicyclic) bond motifs is 5. The van der Waals surface area contributed by atoms with Crippen molar-refractivity contribution < 1.29 is 4.79 Å². The Labute approximate surface area is 124 Å². The number of aromatic nitrogens is 1. The van der Waals surface area contributed by atoms with Gasteiger partial charge in [-0.2, -0.15) is 0 Å². The predicted octanol–water partition coefficient (Wildman–Crippen LogP) is 2.12. The van der Waals surface area contributed by atoms with Crippen molar-refractivity contribution in [1.82, 2.24) is 9.88 Å². The summed E-state index contributed by atoms with van der Waals surface area (Å²) in [5, 5.41) is 0. The number of hydrogen-bond acceptors (Lipinski definition) is 4. The second-order valence-electron chi connectivity index (χ2n) is 5.76. The minimum absolute atomic E-state index is 0.0887. The Kier molecular flexibility index (Phi) is 2.79. The molecule has 0 saturated carbocycles. The zero-order valence-electron chi connectivity index (χ0n) is 12.0. The van der Waals surface area contributed by atoms with Crippen LogP contribution in [0.1, 0.15) is 27.5 Å². The molecule has 21 heavy (non-hydrogen) atoms. The van der Waals surface area contributed by atoms with Crippen LogP contribution in [0.15, 0.2) is 42.6 Å². The standard InChI is InChI=1S/C17H17N3O/c1-19-9-10-20-15(11-19)12-5-2-3-6-13(12)16(21)14-7-4-8-18-17(14)20/h2-8,15H,9-11H2,1H3. The van der Waals surface area contributed by atoms with Gasteiger partial charge in [-0.05, 0) is 24.7 Å². The van der Waals surface area contributed by atoms with E-state index in [4.69, 9.17) is 0 Å². The lowest BCUT2D eigenvalue weighted by Crippen LogP contribution is -2.47. The van der Waals surface area contributed by atoms with Crippen LogP contribution in [0, 0.1) is 0 Å². The van der Waals surface area contributed by atoms with Gasteiger partial charge in [0.2, 0.25) is 0 Å². The number of piperazine rings is 1. The maximum atomic E-state index is 12.9. The number of pyridine rings is 1. The molecule has 1 aromatic heterocycles. The van der Waals surface area contributed by atoms with Crippen LogP contribution < -0.4 is 4.90 Å². The number of benzene rings is 1. The van der Waals surface area contributed by atoms with E-state index in [0.29, 0.717) is 0 Å². The average Bonchev–Trinajstić information content (AvgIpc) is 2.63. The largest absolute Gasteiger partial charge is 0.346 e. The fraction of sp³-hybridized carbons (Fsp3) is 0.294. The fourth-order valence-electron chi connectivity index (χ4n) is 3.38. The van der Waals surface area contributed by atoms with Gasteiger partial charge in [0.1, 0.15) is 5.82 Å². The normalized spacial score (nSPS) is 21.3. The van der Waals surface area contributed by atoms with Crippen LogP contribution in [0.3, 0.4) is 0 Å². The van der Waals surface area contributed by atoms with E-state index in [1.54, 1.807) is 6.20 Å². The average molecular weight is 279 g/mol. The molecule has 106 valence electrons. The van der Waals surface area contributed by atoms with E-state index < -0.39 is 0 Å². The fourth-order valence-corrected chi connectivity index (χ4v) is 3.38. The van der Waals surface area contributed by atoms with Crippen LogP contribution in [-0.4, -0.2) is 42.3 Å². The van der Waals surface area contributed by atoms with Crippen molar-refractivity contribution in [2.45, 2.75) is 6.04 Å². The van der Waals surface area contributed by atoms with Crippen molar-refractivity contribution in [2.24, 2.45) is 0 Å². The number of hydrogen-bond donors (Lipinski definition) is 0. The number of nitrogens with zero attached hydrogens (tertiary/aromatic N) is 3. The number of likely N-dealkylation sites (N-methyl/N-ethyl adjacent to an activating group) is 1. The van der Waals surface area contributed by atoms with Crippen LogP contribution in [0.25, 0.3) is 0 Å². The molecule has 4 heteroatoms. The lowest BCUT2D eigenvalue weighted by molar-refractivity contribution is 0.103. The molecule has 0 radical (unpaired) electrons. The zero-order chi connectivity index (χ0) is 14.4. The molecule has 1 saturated heterocycles. The van der Waals surface area contributed by atoms with Gasteiger partial charge in [0.15, 0.2) is 5.78 Å². The van der Waals surface area contributed by atoms with Crippen molar-refractivity contribution >= 4 is 11.6 Å². The van der Waals surface area contributed by atoms with E-state index >= 15 is 0 Å². The van der Waals surface area contributed by atoms with Crippen LogP contribution >= 0.6 is 0 Å². The maximum absolute atomic E-state index is 12.9. The van der Waals surface area contributed by atoms with Gasteiger partial charge in [-0.25, -0.2) is 4.98 Å². The van der Waals surface area contributed by atoms with Gasteiger partial charge < -0.3 is 9.80 Å². The summed E-state index contributed by atoms with van der Waals surface area (Å²) in [6.07, 6.45) is 1.78. The molecule has 4 rings (SSSR count). The van der Waals surface area contributed by atoms with Gasteiger partial charge in [-0.15, -0.1) is 0 Å². The van der Waals surface area contributed by atoms with Crippen molar-refractivity contribution in [2.75, 3.05) is 31.6 Å². The first kappa shape index (κ1) is 12.5. The highest BCUT2D eigenvalue weighted by Gasteiger charge is 2.35. The van der Waals surface area contributed by atoms with Gasteiger partial charge >= 0.3 is 0 Å². The van der Waals surface area contributed by atoms with Crippen LogP contribution in [-0.2, 0) is 0 Å². The number of anilines is 1. The van der Waals surface area contributed by atoms with Gasteiger partial charge in [-0.1, -0.05) is 24.3 Å². The van der Waals surface area contributed by atoms with E-state index in [-0.39, 0.29) is 11.8 Å². The number of carbonyl (C=O) groups is 1. The summed E-state index contributed by atoms with van der Waals surface area (Å²) >= 11 is 0. The summed E-state index contributed by atoms with van der Waals surface area (Å²) < 4.78 is 0. The highest BCUT2D eigenvalue weighted by molar-refractivity contribution is 6.13. The van der Waals surface area contributed by atoms with Crippen molar-refractivity contribution in [3.8, 4) is 0 Å². The van der Waals surface area contributed by atoms with Gasteiger partial charge in [0.25, 0.3) is 0 Å². The SMILES string of the molecule is CN1CCN2c3ncccc3C(=O)c3ccccc3C2C1. The Bertz CT molecular complexity index is 713. The van der Waals surface area contributed by atoms with E-state index in [1.165, 1.54) is 0 Å². The summed E-state index contributed by atoms with van der Waals surface area (Å²) in [7, 11) is 2.13. The maximum Gasteiger partial charge on any atom is 0.197 e. The third kappa shape index (κ3) is 1.87. The Hall–Kier alpha value is -2.20. The highest BCUT2D eigenvalue weighted by atomic mass is 16.1. The lowest BCUT2D eigenvalue weighted by atomic mass is 9.95. The molecule has 3 heterocycles. The first-order valence-corrected chi connectivity index (χ1v) is 7.29. The molecule has 0 amide bonds. The smallest absolute Gasteiger partial charge is 0.197 e.